The van der Waals surface area contributed by atoms with Gasteiger partial charge in [0.15, 0.2) is 0 Å². The zero-order valence-electron chi connectivity index (χ0n) is 17.2. The molecule has 30 heavy (non-hydrogen) atoms. The highest BCUT2D eigenvalue weighted by Crippen LogP contribution is 2.22. The maximum Gasteiger partial charge on any atom is 0.253 e. The van der Waals surface area contributed by atoms with Gasteiger partial charge in [-0.05, 0) is 61.9 Å². The maximum absolute atomic E-state index is 13.0. The van der Waals surface area contributed by atoms with Crippen LogP contribution in [0.3, 0.4) is 0 Å². The fraction of sp³-hybridized carbons (Fsp3) is 0.261. The molecule has 0 atom stereocenters. The highest BCUT2D eigenvalue weighted by Gasteiger charge is 2.31. The number of aromatic nitrogens is 1. The smallest absolute Gasteiger partial charge is 0.253 e. The Hall–Kier alpha value is -2.90. The number of carbonyl (C=O) groups excluding carboxylic acids is 1. The van der Waals surface area contributed by atoms with Crippen LogP contribution in [0.2, 0.25) is 0 Å². The molecule has 4 rings (SSSR count). The molecular formula is C23H25N3O3S. The molecule has 0 aliphatic carbocycles. The summed E-state index contributed by atoms with van der Waals surface area (Å²) in [6.45, 7) is 5.10. The average molecular weight is 424 g/mol. The van der Waals surface area contributed by atoms with E-state index in [1.807, 2.05) is 79.3 Å². The molecule has 1 saturated heterocycles. The predicted octanol–water partition coefficient (Wildman–Crippen LogP) is 3.24. The Morgan fingerprint density at radius 3 is 2.10 bits per heavy atom. The summed E-state index contributed by atoms with van der Waals surface area (Å²) < 4.78 is 29.5. The Bertz CT molecular complexity index is 1140. The van der Waals surface area contributed by atoms with Gasteiger partial charge in [-0.3, -0.25) is 4.79 Å². The summed E-state index contributed by atoms with van der Waals surface area (Å²) >= 11 is 0. The second kappa shape index (κ2) is 8.08. The summed E-state index contributed by atoms with van der Waals surface area (Å²) in [5, 5.41) is 0. The van der Waals surface area contributed by atoms with Crippen LogP contribution in [-0.4, -0.2) is 54.3 Å². The fourth-order valence-corrected chi connectivity index (χ4v) is 5.45. The minimum atomic E-state index is -3.56. The molecule has 2 heterocycles. The number of rotatable bonds is 4. The molecule has 6 nitrogen and oxygen atoms in total. The van der Waals surface area contributed by atoms with E-state index >= 15 is 0 Å². The summed E-state index contributed by atoms with van der Waals surface area (Å²) in [5.41, 5.74) is 3.37. The van der Waals surface area contributed by atoms with E-state index in [2.05, 4.69) is 0 Å². The highest BCUT2D eigenvalue weighted by atomic mass is 32.2. The van der Waals surface area contributed by atoms with E-state index in [4.69, 9.17) is 0 Å². The molecule has 156 valence electrons. The van der Waals surface area contributed by atoms with Crippen molar-refractivity contribution in [3.63, 3.8) is 0 Å². The molecule has 0 bridgehead atoms. The van der Waals surface area contributed by atoms with Crippen molar-refractivity contribution in [2.24, 2.45) is 0 Å². The van der Waals surface area contributed by atoms with Gasteiger partial charge in [0, 0.05) is 49.8 Å². The zero-order chi connectivity index (χ0) is 21.3. The number of amides is 1. The fourth-order valence-electron chi connectivity index (χ4n) is 3.82. The first kappa shape index (κ1) is 20.4. The Labute approximate surface area is 177 Å². The van der Waals surface area contributed by atoms with Gasteiger partial charge in [-0.1, -0.05) is 17.7 Å². The first-order chi connectivity index (χ1) is 14.4. The third-order valence-electron chi connectivity index (χ3n) is 5.49. The lowest BCUT2D eigenvalue weighted by Gasteiger charge is -2.34. The molecule has 1 amide bonds. The molecule has 1 fully saturated rings. The minimum absolute atomic E-state index is 0.0716. The largest absolute Gasteiger partial charge is 0.336 e. The summed E-state index contributed by atoms with van der Waals surface area (Å²) in [6.07, 6.45) is 3.90. The van der Waals surface area contributed by atoms with E-state index in [0.717, 1.165) is 16.8 Å². The quantitative estimate of drug-likeness (QED) is 0.647. The average Bonchev–Trinajstić information content (AvgIpc) is 3.28. The molecule has 0 unspecified atom stereocenters. The monoisotopic (exact) mass is 423 g/mol. The Morgan fingerprint density at radius 2 is 1.50 bits per heavy atom. The number of hydrogen-bond donors (Lipinski definition) is 0. The van der Waals surface area contributed by atoms with Crippen molar-refractivity contribution in [3.8, 4) is 5.69 Å². The first-order valence-electron chi connectivity index (χ1n) is 9.96. The first-order valence-corrected chi connectivity index (χ1v) is 11.4. The van der Waals surface area contributed by atoms with Gasteiger partial charge in [0.25, 0.3) is 5.91 Å². The van der Waals surface area contributed by atoms with Crippen LogP contribution in [0.5, 0.6) is 0 Å². The lowest BCUT2D eigenvalue weighted by atomic mass is 10.1. The summed E-state index contributed by atoms with van der Waals surface area (Å²) in [4.78, 5) is 14.9. The molecule has 7 heteroatoms. The van der Waals surface area contributed by atoms with E-state index in [9.17, 15) is 13.2 Å². The maximum atomic E-state index is 13.0. The van der Waals surface area contributed by atoms with Crippen LogP contribution in [0, 0.1) is 13.8 Å². The molecule has 1 aromatic heterocycles. The van der Waals surface area contributed by atoms with Gasteiger partial charge >= 0.3 is 0 Å². The van der Waals surface area contributed by atoms with Gasteiger partial charge in [-0.2, -0.15) is 4.31 Å². The molecule has 3 aromatic rings. The van der Waals surface area contributed by atoms with Crippen LogP contribution in [0.4, 0.5) is 0 Å². The standard InChI is InChI=1S/C23H25N3O3S/c1-18-5-10-22(19(2)17-18)30(28,29)26-15-13-25(14-16-26)23(27)20-6-8-21(9-7-20)24-11-3-4-12-24/h3-12,17H,13-16H2,1-2H3. The van der Waals surface area contributed by atoms with Crippen molar-refractivity contribution in [1.29, 1.82) is 0 Å². The van der Waals surface area contributed by atoms with Crippen LogP contribution in [0.1, 0.15) is 21.5 Å². The predicted molar refractivity (Wildman–Crippen MR) is 116 cm³/mol. The number of benzene rings is 2. The van der Waals surface area contributed by atoms with Crippen LogP contribution in [-0.2, 0) is 10.0 Å². The van der Waals surface area contributed by atoms with Crippen LogP contribution in [0.15, 0.2) is 71.9 Å². The van der Waals surface area contributed by atoms with Crippen molar-refractivity contribution in [3.05, 3.63) is 83.7 Å². The van der Waals surface area contributed by atoms with Crippen molar-refractivity contribution in [2.75, 3.05) is 26.2 Å². The number of sulfonamides is 1. The van der Waals surface area contributed by atoms with Crippen LogP contribution >= 0.6 is 0 Å². The van der Waals surface area contributed by atoms with Crippen molar-refractivity contribution < 1.29 is 13.2 Å². The highest BCUT2D eigenvalue weighted by molar-refractivity contribution is 7.89. The zero-order valence-corrected chi connectivity index (χ0v) is 18.0. The van der Waals surface area contributed by atoms with Crippen LogP contribution in [0.25, 0.3) is 5.69 Å². The van der Waals surface area contributed by atoms with E-state index in [1.54, 1.807) is 11.0 Å². The lowest BCUT2D eigenvalue weighted by Crippen LogP contribution is -2.50. The van der Waals surface area contributed by atoms with Gasteiger partial charge < -0.3 is 9.47 Å². The molecule has 0 N–H and O–H groups in total. The molecule has 0 radical (unpaired) electrons. The van der Waals surface area contributed by atoms with E-state index in [1.165, 1.54) is 4.31 Å². The topological polar surface area (TPSA) is 62.6 Å². The van der Waals surface area contributed by atoms with Gasteiger partial charge in [0.05, 0.1) is 4.90 Å². The third kappa shape index (κ3) is 3.91. The van der Waals surface area contributed by atoms with E-state index < -0.39 is 10.0 Å². The van der Waals surface area contributed by atoms with E-state index in [0.29, 0.717) is 36.6 Å². The van der Waals surface area contributed by atoms with Crippen molar-refractivity contribution in [2.45, 2.75) is 18.7 Å². The number of piperazine rings is 1. The normalized spacial score (nSPS) is 15.3. The van der Waals surface area contributed by atoms with Crippen molar-refractivity contribution in [1.82, 2.24) is 13.8 Å². The molecule has 0 saturated carbocycles. The summed E-state index contributed by atoms with van der Waals surface area (Å²) in [7, 11) is -3.56. The Balaban J connectivity index is 1.43. The third-order valence-corrected chi connectivity index (χ3v) is 7.55. The number of aryl methyl sites for hydroxylation is 2. The van der Waals surface area contributed by atoms with Gasteiger partial charge in [-0.25, -0.2) is 8.42 Å². The second-order valence-corrected chi connectivity index (χ2v) is 9.51. The molecule has 1 aliphatic rings. The number of hydrogen-bond acceptors (Lipinski definition) is 3. The second-order valence-electron chi connectivity index (χ2n) is 7.60. The number of nitrogens with zero attached hydrogens (tertiary/aromatic N) is 3. The summed E-state index contributed by atoms with van der Waals surface area (Å²) in [6, 6.07) is 16.7. The van der Waals surface area contributed by atoms with Gasteiger partial charge in [0.1, 0.15) is 0 Å². The van der Waals surface area contributed by atoms with E-state index in [-0.39, 0.29) is 5.91 Å². The Morgan fingerprint density at radius 1 is 0.867 bits per heavy atom. The van der Waals surface area contributed by atoms with Crippen molar-refractivity contribution >= 4 is 15.9 Å². The van der Waals surface area contributed by atoms with Crippen LogP contribution < -0.4 is 0 Å². The molecule has 0 spiro atoms. The SMILES string of the molecule is Cc1ccc(S(=O)(=O)N2CCN(C(=O)c3ccc(-n4cccc4)cc3)CC2)c(C)c1. The molecular weight excluding hydrogens is 398 g/mol. The summed E-state index contributed by atoms with van der Waals surface area (Å²) in [5.74, 6) is -0.0716. The number of carbonyl (C=O) groups is 1. The minimum Gasteiger partial charge on any atom is -0.336 e. The lowest BCUT2D eigenvalue weighted by molar-refractivity contribution is 0.0698. The molecule has 2 aromatic carbocycles. The molecule has 1 aliphatic heterocycles. The Kier molecular flexibility index (Phi) is 5.49. The van der Waals surface area contributed by atoms with Gasteiger partial charge in [-0.15, -0.1) is 0 Å². The van der Waals surface area contributed by atoms with Gasteiger partial charge in [0.2, 0.25) is 10.0 Å².